The molecule has 3 aromatic rings. The number of hydrogen-bond acceptors (Lipinski definition) is 7. The molecule has 0 amide bonds. The van der Waals surface area contributed by atoms with Gasteiger partial charge >= 0.3 is 6.08 Å². The SMILES string of the molecule is COc1ccc(CNc2nc(F)nc3c2ncn3C2CCCCO2)o1. The lowest BCUT2D eigenvalue weighted by atomic mass is 10.2. The third kappa shape index (κ3) is 3.14. The maximum absolute atomic E-state index is 13.9. The van der Waals surface area contributed by atoms with Gasteiger partial charge in [0.05, 0.1) is 20.0 Å². The summed E-state index contributed by atoms with van der Waals surface area (Å²) in [4.78, 5) is 12.1. The molecule has 0 saturated carbocycles. The number of nitrogens with zero attached hydrogens (tertiary/aromatic N) is 4. The first kappa shape index (κ1) is 15.8. The summed E-state index contributed by atoms with van der Waals surface area (Å²) >= 11 is 0. The van der Waals surface area contributed by atoms with Crippen molar-refractivity contribution in [1.82, 2.24) is 19.5 Å². The van der Waals surface area contributed by atoms with Crippen molar-refractivity contribution in [1.29, 1.82) is 0 Å². The first-order chi connectivity index (χ1) is 12.2. The molecule has 132 valence electrons. The summed E-state index contributed by atoms with van der Waals surface area (Å²) in [5, 5.41) is 3.04. The Kier molecular flexibility index (Phi) is 4.22. The van der Waals surface area contributed by atoms with E-state index >= 15 is 0 Å². The lowest BCUT2D eigenvalue weighted by Gasteiger charge is -2.23. The van der Waals surface area contributed by atoms with Gasteiger partial charge in [0.1, 0.15) is 12.0 Å². The fraction of sp³-hybridized carbons (Fsp3) is 0.438. The fourth-order valence-electron chi connectivity index (χ4n) is 2.90. The molecule has 0 radical (unpaired) electrons. The van der Waals surface area contributed by atoms with E-state index in [1.165, 1.54) is 7.11 Å². The molecule has 4 heterocycles. The number of methoxy groups -OCH3 is 1. The van der Waals surface area contributed by atoms with Gasteiger partial charge < -0.3 is 19.2 Å². The average Bonchev–Trinajstić information content (AvgIpc) is 3.27. The number of fused-ring (bicyclic) bond motifs is 1. The van der Waals surface area contributed by atoms with Gasteiger partial charge in [-0.2, -0.15) is 14.4 Å². The lowest BCUT2D eigenvalue weighted by molar-refractivity contribution is -0.0298. The topological polar surface area (TPSA) is 87.2 Å². The second-order valence-corrected chi connectivity index (χ2v) is 5.76. The number of nitrogens with one attached hydrogen (secondary N) is 1. The molecule has 1 aliphatic heterocycles. The summed E-state index contributed by atoms with van der Waals surface area (Å²) in [6.07, 6.45) is 3.58. The maximum atomic E-state index is 13.9. The third-order valence-corrected chi connectivity index (χ3v) is 4.13. The molecular formula is C16H18FN5O3. The minimum atomic E-state index is -0.815. The van der Waals surface area contributed by atoms with Gasteiger partial charge in [0.15, 0.2) is 17.0 Å². The maximum Gasteiger partial charge on any atom is 0.312 e. The summed E-state index contributed by atoms with van der Waals surface area (Å²) in [6.45, 7) is 1.01. The molecule has 4 rings (SSSR count). The molecule has 0 bridgehead atoms. The van der Waals surface area contributed by atoms with Gasteiger partial charge in [-0.1, -0.05) is 0 Å². The Morgan fingerprint density at radius 2 is 2.28 bits per heavy atom. The van der Waals surface area contributed by atoms with Crippen molar-refractivity contribution < 1.29 is 18.3 Å². The summed E-state index contributed by atoms with van der Waals surface area (Å²) in [7, 11) is 1.53. The largest absolute Gasteiger partial charge is 0.468 e. The van der Waals surface area contributed by atoms with E-state index in [9.17, 15) is 4.39 Å². The normalized spacial score (nSPS) is 17.8. The molecule has 9 heteroatoms. The molecule has 1 saturated heterocycles. The predicted octanol–water partition coefficient (Wildman–Crippen LogP) is 2.88. The second kappa shape index (κ2) is 6.67. The molecule has 0 aliphatic carbocycles. The van der Waals surface area contributed by atoms with Gasteiger partial charge in [-0.25, -0.2) is 4.98 Å². The molecule has 1 unspecified atom stereocenters. The van der Waals surface area contributed by atoms with Crippen LogP contribution in [0.3, 0.4) is 0 Å². The van der Waals surface area contributed by atoms with Crippen molar-refractivity contribution in [2.45, 2.75) is 32.0 Å². The highest BCUT2D eigenvalue weighted by Gasteiger charge is 2.21. The van der Waals surface area contributed by atoms with E-state index in [4.69, 9.17) is 13.9 Å². The highest BCUT2D eigenvalue weighted by molar-refractivity contribution is 5.82. The van der Waals surface area contributed by atoms with Crippen LogP contribution in [0.1, 0.15) is 31.3 Å². The molecule has 1 atom stereocenters. The van der Waals surface area contributed by atoms with Crippen LogP contribution in [0.4, 0.5) is 10.2 Å². The zero-order valence-electron chi connectivity index (χ0n) is 13.7. The van der Waals surface area contributed by atoms with E-state index in [-0.39, 0.29) is 6.23 Å². The minimum Gasteiger partial charge on any atom is -0.468 e. The standard InChI is InChI=1S/C16H18FN5O3/c1-23-12-6-5-10(25-12)8-18-14-13-15(21-16(17)20-14)22(9-19-13)11-4-2-3-7-24-11/h5-6,9,11H,2-4,7-8H2,1H3,(H,18,20,21). The Bertz CT molecular complexity index is 872. The molecule has 1 N–H and O–H groups in total. The quantitative estimate of drug-likeness (QED) is 0.710. The first-order valence-electron chi connectivity index (χ1n) is 8.13. The monoisotopic (exact) mass is 347 g/mol. The number of halogens is 1. The van der Waals surface area contributed by atoms with Crippen LogP contribution in [0.15, 0.2) is 22.9 Å². The predicted molar refractivity (Wildman–Crippen MR) is 86.7 cm³/mol. The smallest absolute Gasteiger partial charge is 0.312 e. The molecular weight excluding hydrogens is 329 g/mol. The molecule has 1 fully saturated rings. The van der Waals surface area contributed by atoms with Crippen molar-refractivity contribution in [3.05, 3.63) is 30.3 Å². The summed E-state index contributed by atoms with van der Waals surface area (Å²) in [6, 6.07) is 3.48. The van der Waals surface area contributed by atoms with Crippen LogP contribution in [-0.4, -0.2) is 33.2 Å². The number of hydrogen-bond donors (Lipinski definition) is 1. The zero-order valence-corrected chi connectivity index (χ0v) is 13.7. The summed E-state index contributed by atoms with van der Waals surface area (Å²) in [5.41, 5.74) is 0.910. The fourth-order valence-corrected chi connectivity index (χ4v) is 2.90. The van der Waals surface area contributed by atoms with Gasteiger partial charge in [0.2, 0.25) is 0 Å². The van der Waals surface area contributed by atoms with Gasteiger partial charge in [0.25, 0.3) is 5.95 Å². The first-order valence-corrected chi connectivity index (χ1v) is 8.13. The number of imidazole rings is 1. The van der Waals surface area contributed by atoms with Crippen LogP contribution in [0.25, 0.3) is 11.2 Å². The van der Waals surface area contributed by atoms with Gasteiger partial charge in [-0.3, -0.25) is 4.57 Å². The van der Waals surface area contributed by atoms with Crippen LogP contribution >= 0.6 is 0 Å². The summed E-state index contributed by atoms with van der Waals surface area (Å²) < 4.78 is 31.9. The van der Waals surface area contributed by atoms with Crippen LogP contribution < -0.4 is 10.1 Å². The highest BCUT2D eigenvalue weighted by atomic mass is 19.1. The van der Waals surface area contributed by atoms with E-state index in [2.05, 4.69) is 20.3 Å². The third-order valence-electron chi connectivity index (χ3n) is 4.13. The number of aromatic nitrogens is 4. The lowest BCUT2D eigenvalue weighted by Crippen LogP contribution is -2.18. The Hall–Kier alpha value is -2.68. The van der Waals surface area contributed by atoms with E-state index < -0.39 is 6.08 Å². The summed E-state index contributed by atoms with van der Waals surface area (Å²) in [5.74, 6) is 1.36. The zero-order chi connectivity index (χ0) is 17.2. The Labute approximate surface area is 143 Å². The van der Waals surface area contributed by atoms with Crippen molar-refractivity contribution in [2.24, 2.45) is 0 Å². The van der Waals surface area contributed by atoms with E-state index in [0.717, 1.165) is 19.3 Å². The second-order valence-electron chi connectivity index (χ2n) is 5.76. The van der Waals surface area contributed by atoms with Gasteiger partial charge in [-0.15, -0.1) is 0 Å². The highest BCUT2D eigenvalue weighted by Crippen LogP contribution is 2.28. The van der Waals surface area contributed by atoms with Crippen molar-refractivity contribution >= 4 is 17.0 Å². The van der Waals surface area contributed by atoms with Crippen molar-refractivity contribution in [3.63, 3.8) is 0 Å². The van der Waals surface area contributed by atoms with Crippen LogP contribution in [0, 0.1) is 6.08 Å². The molecule has 25 heavy (non-hydrogen) atoms. The molecule has 0 aromatic carbocycles. The number of anilines is 1. The molecule has 3 aromatic heterocycles. The number of ether oxygens (including phenoxy) is 2. The van der Waals surface area contributed by atoms with Gasteiger partial charge in [-0.05, 0) is 25.3 Å². The Morgan fingerprint density at radius 3 is 3.04 bits per heavy atom. The molecule has 0 spiro atoms. The minimum absolute atomic E-state index is 0.171. The van der Waals surface area contributed by atoms with Gasteiger partial charge in [0, 0.05) is 12.7 Å². The Balaban J connectivity index is 1.61. The average molecular weight is 347 g/mol. The van der Waals surface area contributed by atoms with E-state index in [1.54, 1.807) is 23.0 Å². The molecule has 8 nitrogen and oxygen atoms in total. The van der Waals surface area contributed by atoms with E-state index in [0.29, 0.717) is 41.8 Å². The Morgan fingerprint density at radius 1 is 1.36 bits per heavy atom. The van der Waals surface area contributed by atoms with Crippen molar-refractivity contribution in [3.8, 4) is 5.95 Å². The van der Waals surface area contributed by atoms with E-state index in [1.807, 2.05) is 0 Å². The van der Waals surface area contributed by atoms with Crippen LogP contribution in [0.5, 0.6) is 5.95 Å². The number of furan rings is 1. The number of rotatable bonds is 5. The molecule has 1 aliphatic rings. The van der Waals surface area contributed by atoms with Crippen molar-refractivity contribution in [2.75, 3.05) is 19.0 Å². The van der Waals surface area contributed by atoms with Crippen LogP contribution in [0.2, 0.25) is 0 Å². The van der Waals surface area contributed by atoms with Crippen LogP contribution in [-0.2, 0) is 11.3 Å².